The Bertz CT molecular complexity index is 529. The van der Waals surface area contributed by atoms with Crippen molar-refractivity contribution in [3.05, 3.63) is 23.6 Å². The van der Waals surface area contributed by atoms with E-state index in [0.29, 0.717) is 35.7 Å². The van der Waals surface area contributed by atoms with Gasteiger partial charge in [0.1, 0.15) is 17.0 Å². The Morgan fingerprint density at radius 3 is 2.94 bits per heavy atom. The number of aromatic nitrogens is 3. The van der Waals surface area contributed by atoms with Gasteiger partial charge in [-0.2, -0.15) is 0 Å². The summed E-state index contributed by atoms with van der Waals surface area (Å²) in [6.45, 7) is 1.40. The lowest BCUT2D eigenvalue weighted by atomic mass is 10.2. The van der Waals surface area contributed by atoms with Crippen LogP contribution in [0, 0.1) is 0 Å². The summed E-state index contributed by atoms with van der Waals surface area (Å²) in [5, 5.41) is 3.69. The molecule has 0 bridgehead atoms. The molecular weight excluding hydrogens is 228 g/mol. The smallest absolute Gasteiger partial charge is 0.156 e. The van der Waals surface area contributed by atoms with E-state index in [9.17, 15) is 0 Å². The molecule has 1 aliphatic rings. The topological polar surface area (TPSA) is 59.9 Å². The van der Waals surface area contributed by atoms with Crippen molar-refractivity contribution in [1.29, 1.82) is 0 Å². The molecular formula is C10H9ClN4O. The number of nitrogens with one attached hydrogen (secondary N) is 1. The van der Waals surface area contributed by atoms with Crippen LogP contribution in [0.5, 0.6) is 0 Å². The Balaban J connectivity index is 2.04. The zero-order chi connectivity index (χ0) is 11.0. The second-order valence-corrected chi connectivity index (χ2v) is 3.99. The quantitative estimate of drug-likeness (QED) is 0.801. The molecule has 3 rings (SSSR count). The largest absolute Gasteiger partial charge is 0.377 e. The summed E-state index contributed by atoms with van der Waals surface area (Å²) in [5.41, 5.74) is 1.48. The third-order valence-corrected chi connectivity index (χ3v) is 2.64. The standard InChI is InChI=1S/C10H9ClN4O/c11-8-2-1-7-9(15-8)10(13-5-12-7)14-6-3-16-4-6/h1-2,5-6H,3-4H2,(H,12,13,14). The Hall–Kier alpha value is -1.46. The summed E-state index contributed by atoms with van der Waals surface area (Å²) in [7, 11) is 0. The Kier molecular flexibility index (Phi) is 2.34. The highest BCUT2D eigenvalue weighted by Crippen LogP contribution is 2.20. The average Bonchev–Trinajstić information content (AvgIpc) is 2.23. The van der Waals surface area contributed by atoms with Gasteiger partial charge in [0, 0.05) is 0 Å². The molecule has 2 aromatic heterocycles. The molecule has 0 saturated carbocycles. The lowest BCUT2D eigenvalue weighted by molar-refractivity contribution is 0.0210. The van der Waals surface area contributed by atoms with E-state index < -0.39 is 0 Å². The van der Waals surface area contributed by atoms with Crippen molar-refractivity contribution < 1.29 is 4.74 Å². The van der Waals surface area contributed by atoms with Crippen molar-refractivity contribution in [1.82, 2.24) is 15.0 Å². The number of anilines is 1. The molecule has 1 N–H and O–H groups in total. The molecule has 3 heterocycles. The zero-order valence-corrected chi connectivity index (χ0v) is 9.11. The highest BCUT2D eigenvalue weighted by atomic mass is 35.5. The number of fused-ring (bicyclic) bond motifs is 1. The Morgan fingerprint density at radius 1 is 1.31 bits per heavy atom. The minimum Gasteiger partial charge on any atom is -0.377 e. The van der Waals surface area contributed by atoms with E-state index >= 15 is 0 Å². The van der Waals surface area contributed by atoms with Crippen LogP contribution in [-0.4, -0.2) is 34.2 Å². The van der Waals surface area contributed by atoms with Crippen LogP contribution >= 0.6 is 11.6 Å². The van der Waals surface area contributed by atoms with Crippen LogP contribution in [0.4, 0.5) is 5.82 Å². The number of hydrogen-bond acceptors (Lipinski definition) is 5. The van der Waals surface area contributed by atoms with Crippen LogP contribution in [0.3, 0.4) is 0 Å². The number of nitrogens with zero attached hydrogens (tertiary/aromatic N) is 3. The summed E-state index contributed by atoms with van der Waals surface area (Å²) in [4.78, 5) is 12.5. The average molecular weight is 237 g/mol. The van der Waals surface area contributed by atoms with Crippen molar-refractivity contribution in [2.24, 2.45) is 0 Å². The molecule has 82 valence electrons. The van der Waals surface area contributed by atoms with Gasteiger partial charge in [-0.05, 0) is 12.1 Å². The molecule has 5 nitrogen and oxygen atoms in total. The molecule has 1 fully saturated rings. The molecule has 0 atom stereocenters. The SMILES string of the molecule is Clc1ccc2ncnc(NC3COC3)c2n1. The molecule has 1 aliphatic heterocycles. The first-order chi connectivity index (χ1) is 7.83. The molecule has 0 amide bonds. The summed E-state index contributed by atoms with van der Waals surface area (Å²) in [6.07, 6.45) is 1.51. The molecule has 0 spiro atoms. The molecule has 0 aromatic carbocycles. The number of halogens is 1. The van der Waals surface area contributed by atoms with Gasteiger partial charge in [-0.15, -0.1) is 0 Å². The number of ether oxygens (including phenoxy) is 1. The maximum Gasteiger partial charge on any atom is 0.156 e. The van der Waals surface area contributed by atoms with Gasteiger partial charge in [0.15, 0.2) is 5.82 Å². The van der Waals surface area contributed by atoms with E-state index in [1.165, 1.54) is 6.33 Å². The van der Waals surface area contributed by atoms with Crippen molar-refractivity contribution in [2.75, 3.05) is 18.5 Å². The minimum atomic E-state index is 0.305. The van der Waals surface area contributed by atoms with Gasteiger partial charge < -0.3 is 10.1 Å². The Morgan fingerprint density at radius 2 is 2.19 bits per heavy atom. The Labute approximate surface area is 96.8 Å². The third-order valence-electron chi connectivity index (χ3n) is 2.43. The van der Waals surface area contributed by atoms with Crippen molar-refractivity contribution in [3.8, 4) is 0 Å². The molecule has 16 heavy (non-hydrogen) atoms. The van der Waals surface area contributed by atoms with Crippen molar-refractivity contribution in [2.45, 2.75) is 6.04 Å². The minimum absolute atomic E-state index is 0.305. The van der Waals surface area contributed by atoms with E-state index in [2.05, 4.69) is 20.3 Å². The lowest BCUT2D eigenvalue weighted by Crippen LogP contribution is -2.40. The van der Waals surface area contributed by atoms with Crippen LogP contribution in [0.2, 0.25) is 5.15 Å². The predicted octanol–water partition coefficient (Wildman–Crippen LogP) is 1.49. The van der Waals surface area contributed by atoms with Crippen LogP contribution < -0.4 is 5.32 Å². The third kappa shape index (κ3) is 1.68. The molecule has 0 unspecified atom stereocenters. The second kappa shape index (κ2) is 3.84. The molecule has 0 radical (unpaired) electrons. The molecule has 1 saturated heterocycles. The first kappa shape index (κ1) is 9.74. The van der Waals surface area contributed by atoms with Crippen molar-refractivity contribution in [3.63, 3.8) is 0 Å². The number of hydrogen-bond donors (Lipinski definition) is 1. The highest BCUT2D eigenvalue weighted by Gasteiger charge is 2.19. The summed E-state index contributed by atoms with van der Waals surface area (Å²) >= 11 is 5.86. The number of pyridine rings is 1. The predicted molar refractivity (Wildman–Crippen MR) is 60.6 cm³/mol. The van der Waals surface area contributed by atoms with Gasteiger partial charge in [0.2, 0.25) is 0 Å². The van der Waals surface area contributed by atoms with Gasteiger partial charge in [-0.1, -0.05) is 11.6 Å². The van der Waals surface area contributed by atoms with E-state index in [1.54, 1.807) is 6.07 Å². The fraction of sp³-hybridized carbons (Fsp3) is 0.300. The molecule has 6 heteroatoms. The van der Waals surface area contributed by atoms with E-state index in [1.807, 2.05) is 6.07 Å². The first-order valence-corrected chi connectivity index (χ1v) is 5.32. The fourth-order valence-electron chi connectivity index (χ4n) is 1.53. The van der Waals surface area contributed by atoms with Crippen molar-refractivity contribution >= 4 is 28.5 Å². The van der Waals surface area contributed by atoms with Gasteiger partial charge in [-0.3, -0.25) is 0 Å². The maximum absolute atomic E-state index is 5.86. The summed E-state index contributed by atoms with van der Waals surface area (Å²) < 4.78 is 5.09. The summed E-state index contributed by atoms with van der Waals surface area (Å²) in [5.74, 6) is 0.709. The highest BCUT2D eigenvalue weighted by molar-refractivity contribution is 6.29. The van der Waals surface area contributed by atoms with Crippen LogP contribution in [-0.2, 0) is 4.74 Å². The number of rotatable bonds is 2. The fourth-order valence-corrected chi connectivity index (χ4v) is 1.68. The lowest BCUT2D eigenvalue weighted by Gasteiger charge is -2.27. The van der Waals surface area contributed by atoms with Gasteiger partial charge >= 0.3 is 0 Å². The van der Waals surface area contributed by atoms with Crippen LogP contribution in [0.15, 0.2) is 18.5 Å². The van der Waals surface area contributed by atoms with E-state index in [-0.39, 0.29) is 0 Å². The van der Waals surface area contributed by atoms with Crippen LogP contribution in [0.25, 0.3) is 11.0 Å². The van der Waals surface area contributed by atoms with Gasteiger partial charge in [0.05, 0.1) is 24.8 Å². The maximum atomic E-state index is 5.86. The monoisotopic (exact) mass is 236 g/mol. The van der Waals surface area contributed by atoms with Crippen LogP contribution in [0.1, 0.15) is 0 Å². The first-order valence-electron chi connectivity index (χ1n) is 4.94. The van der Waals surface area contributed by atoms with Gasteiger partial charge in [-0.25, -0.2) is 15.0 Å². The van der Waals surface area contributed by atoms with E-state index in [0.717, 1.165) is 5.52 Å². The molecule has 2 aromatic rings. The van der Waals surface area contributed by atoms with Gasteiger partial charge in [0.25, 0.3) is 0 Å². The van der Waals surface area contributed by atoms with E-state index in [4.69, 9.17) is 16.3 Å². The zero-order valence-electron chi connectivity index (χ0n) is 8.35. The molecule has 0 aliphatic carbocycles. The summed E-state index contributed by atoms with van der Waals surface area (Å²) in [6, 6.07) is 3.85. The normalized spacial score (nSPS) is 16.1. The second-order valence-electron chi connectivity index (χ2n) is 3.60.